The molecule has 2 N–H and O–H groups in total. The minimum absolute atomic E-state index is 0.0120. The standard InChI is InChI=1S/C7H6Cl2N2O2S/c8-4-1-2-5(9)7-6(4)10-3-11-14(7,12)13/h1-2,10-11H,3H2. The number of hydrogen-bond acceptors (Lipinski definition) is 3. The average molecular weight is 253 g/mol. The zero-order valence-corrected chi connectivity index (χ0v) is 9.17. The van der Waals surface area contributed by atoms with Crippen LogP contribution >= 0.6 is 23.2 Å². The summed E-state index contributed by atoms with van der Waals surface area (Å²) in [6.45, 7) is 0.120. The van der Waals surface area contributed by atoms with Gasteiger partial charge in [-0.05, 0) is 12.1 Å². The molecule has 0 atom stereocenters. The summed E-state index contributed by atoms with van der Waals surface area (Å²) < 4.78 is 25.4. The summed E-state index contributed by atoms with van der Waals surface area (Å²) in [6, 6.07) is 3.01. The molecule has 76 valence electrons. The summed E-state index contributed by atoms with van der Waals surface area (Å²) >= 11 is 11.6. The van der Waals surface area contributed by atoms with E-state index in [2.05, 4.69) is 10.0 Å². The van der Waals surface area contributed by atoms with E-state index in [0.717, 1.165) is 0 Å². The lowest BCUT2D eigenvalue weighted by atomic mass is 10.3. The quantitative estimate of drug-likeness (QED) is 0.739. The molecule has 2 rings (SSSR count). The van der Waals surface area contributed by atoms with Crippen LogP contribution in [0.25, 0.3) is 0 Å². The lowest BCUT2D eigenvalue weighted by Crippen LogP contribution is -2.34. The average Bonchev–Trinajstić information content (AvgIpc) is 2.10. The fourth-order valence-corrected chi connectivity index (χ4v) is 3.18. The number of nitrogens with one attached hydrogen (secondary N) is 2. The highest BCUT2D eigenvalue weighted by Crippen LogP contribution is 2.36. The van der Waals surface area contributed by atoms with Gasteiger partial charge in [-0.2, -0.15) is 4.72 Å². The Hall–Kier alpha value is -0.490. The molecule has 0 amide bonds. The minimum atomic E-state index is -3.52. The first-order valence-corrected chi connectivity index (χ1v) is 5.98. The molecular weight excluding hydrogens is 247 g/mol. The lowest BCUT2D eigenvalue weighted by Gasteiger charge is -2.21. The predicted molar refractivity (Wildman–Crippen MR) is 55.3 cm³/mol. The van der Waals surface area contributed by atoms with E-state index in [-0.39, 0.29) is 16.6 Å². The number of rotatable bonds is 0. The summed E-state index contributed by atoms with van der Waals surface area (Å²) in [5.74, 6) is 0. The molecule has 14 heavy (non-hydrogen) atoms. The first-order chi connectivity index (χ1) is 6.52. The fraction of sp³-hybridized carbons (Fsp3) is 0.143. The second kappa shape index (κ2) is 3.27. The molecule has 1 aromatic carbocycles. The smallest absolute Gasteiger partial charge is 0.245 e. The van der Waals surface area contributed by atoms with Crippen molar-refractivity contribution >= 4 is 38.9 Å². The molecular formula is C7H6Cl2N2O2S. The molecule has 0 saturated carbocycles. The van der Waals surface area contributed by atoms with Gasteiger partial charge in [0.25, 0.3) is 0 Å². The maximum Gasteiger partial charge on any atom is 0.245 e. The van der Waals surface area contributed by atoms with Crippen LogP contribution in [0, 0.1) is 0 Å². The Morgan fingerprint density at radius 2 is 1.86 bits per heavy atom. The van der Waals surface area contributed by atoms with Crippen LogP contribution in [0.1, 0.15) is 0 Å². The van der Waals surface area contributed by atoms with Gasteiger partial charge >= 0.3 is 0 Å². The fourth-order valence-electron chi connectivity index (χ4n) is 1.25. The van der Waals surface area contributed by atoms with E-state index in [9.17, 15) is 8.42 Å². The third-order valence-electron chi connectivity index (χ3n) is 1.85. The summed E-state index contributed by atoms with van der Waals surface area (Å²) in [4.78, 5) is 0.0120. The third kappa shape index (κ3) is 1.46. The van der Waals surface area contributed by atoms with E-state index in [1.807, 2.05) is 0 Å². The Morgan fingerprint density at radius 1 is 1.21 bits per heavy atom. The molecule has 0 unspecified atom stereocenters. The van der Waals surface area contributed by atoms with Crippen molar-refractivity contribution < 1.29 is 8.42 Å². The van der Waals surface area contributed by atoms with Crippen LogP contribution in [-0.4, -0.2) is 15.1 Å². The Labute approximate surface area is 91.3 Å². The van der Waals surface area contributed by atoms with Gasteiger partial charge in [-0.15, -0.1) is 0 Å². The van der Waals surface area contributed by atoms with Crippen LogP contribution < -0.4 is 10.0 Å². The van der Waals surface area contributed by atoms with Crippen molar-refractivity contribution in [3.05, 3.63) is 22.2 Å². The molecule has 1 aliphatic heterocycles. The molecule has 0 saturated heterocycles. The third-order valence-corrected chi connectivity index (χ3v) is 4.08. The molecule has 0 fully saturated rings. The Morgan fingerprint density at radius 3 is 2.50 bits per heavy atom. The molecule has 1 aliphatic rings. The summed E-state index contributed by atoms with van der Waals surface area (Å²) in [5.41, 5.74) is 0.359. The normalized spacial score (nSPS) is 18.4. The van der Waals surface area contributed by atoms with E-state index in [1.165, 1.54) is 6.07 Å². The van der Waals surface area contributed by atoms with Gasteiger partial charge in [0.2, 0.25) is 10.0 Å². The summed E-state index contributed by atoms with van der Waals surface area (Å²) in [6.07, 6.45) is 0. The highest BCUT2D eigenvalue weighted by atomic mass is 35.5. The SMILES string of the molecule is O=S1(=O)NCNc2c(Cl)ccc(Cl)c21. The van der Waals surface area contributed by atoms with Gasteiger partial charge in [0.1, 0.15) is 4.90 Å². The van der Waals surface area contributed by atoms with Gasteiger partial charge in [-0.25, -0.2) is 8.42 Å². The van der Waals surface area contributed by atoms with E-state index < -0.39 is 10.0 Å². The van der Waals surface area contributed by atoms with Gasteiger partial charge in [0.05, 0.1) is 22.4 Å². The summed E-state index contributed by atoms with van der Waals surface area (Å²) in [5, 5.41) is 3.32. The number of fused-ring (bicyclic) bond motifs is 1. The zero-order valence-electron chi connectivity index (χ0n) is 6.84. The molecule has 4 nitrogen and oxygen atoms in total. The van der Waals surface area contributed by atoms with Crippen LogP contribution in [0.2, 0.25) is 10.0 Å². The molecule has 1 aromatic rings. The van der Waals surface area contributed by atoms with Gasteiger partial charge in [0.15, 0.2) is 0 Å². The minimum Gasteiger partial charge on any atom is -0.369 e. The molecule has 1 heterocycles. The number of benzene rings is 1. The van der Waals surface area contributed by atoms with Gasteiger partial charge in [-0.1, -0.05) is 23.2 Å². The lowest BCUT2D eigenvalue weighted by molar-refractivity contribution is 0.581. The second-order valence-corrected chi connectivity index (χ2v) is 5.25. The van der Waals surface area contributed by atoms with Crippen molar-refractivity contribution in [1.29, 1.82) is 0 Å². The van der Waals surface area contributed by atoms with Crippen molar-refractivity contribution in [2.75, 3.05) is 12.0 Å². The van der Waals surface area contributed by atoms with Crippen molar-refractivity contribution in [3.8, 4) is 0 Å². The maximum absolute atomic E-state index is 11.6. The van der Waals surface area contributed by atoms with E-state index in [0.29, 0.717) is 10.7 Å². The van der Waals surface area contributed by atoms with Crippen molar-refractivity contribution in [2.45, 2.75) is 4.90 Å². The number of hydrogen-bond donors (Lipinski definition) is 2. The van der Waals surface area contributed by atoms with Gasteiger partial charge in [0, 0.05) is 0 Å². The zero-order chi connectivity index (χ0) is 10.3. The molecule has 0 radical (unpaired) electrons. The second-order valence-electron chi connectivity index (χ2n) is 2.73. The number of anilines is 1. The Bertz CT molecular complexity index is 487. The van der Waals surface area contributed by atoms with Crippen molar-refractivity contribution in [2.24, 2.45) is 0 Å². The van der Waals surface area contributed by atoms with Gasteiger partial charge in [-0.3, -0.25) is 0 Å². The molecule has 0 aliphatic carbocycles. The van der Waals surface area contributed by atoms with Crippen molar-refractivity contribution in [3.63, 3.8) is 0 Å². The first-order valence-electron chi connectivity index (χ1n) is 3.74. The topological polar surface area (TPSA) is 58.2 Å². The van der Waals surface area contributed by atoms with Gasteiger partial charge < -0.3 is 5.32 Å². The monoisotopic (exact) mass is 252 g/mol. The van der Waals surface area contributed by atoms with E-state index >= 15 is 0 Å². The van der Waals surface area contributed by atoms with E-state index in [1.54, 1.807) is 6.07 Å². The van der Waals surface area contributed by atoms with Crippen LogP contribution in [0.15, 0.2) is 17.0 Å². The van der Waals surface area contributed by atoms with Crippen LogP contribution in [0.4, 0.5) is 5.69 Å². The van der Waals surface area contributed by atoms with E-state index in [4.69, 9.17) is 23.2 Å². The maximum atomic E-state index is 11.6. The Balaban J connectivity index is 2.81. The highest BCUT2D eigenvalue weighted by Gasteiger charge is 2.27. The number of sulfonamides is 1. The summed E-state index contributed by atoms with van der Waals surface area (Å²) in [7, 11) is -3.52. The molecule has 0 spiro atoms. The Kier molecular flexibility index (Phi) is 2.35. The van der Waals surface area contributed by atoms with Crippen LogP contribution in [0.3, 0.4) is 0 Å². The first kappa shape index (κ1) is 10.0. The molecule has 0 aromatic heterocycles. The molecule has 7 heteroatoms. The van der Waals surface area contributed by atoms with Crippen molar-refractivity contribution in [1.82, 2.24) is 4.72 Å². The predicted octanol–water partition coefficient (Wildman–Crippen LogP) is 1.65. The number of halogens is 2. The van der Waals surface area contributed by atoms with Crippen LogP contribution in [0.5, 0.6) is 0 Å². The highest BCUT2D eigenvalue weighted by molar-refractivity contribution is 7.89. The molecule has 0 bridgehead atoms. The largest absolute Gasteiger partial charge is 0.369 e. The van der Waals surface area contributed by atoms with Crippen LogP contribution in [-0.2, 0) is 10.0 Å².